The maximum absolute atomic E-state index is 11.0. The Morgan fingerprint density at radius 3 is 2.73 bits per heavy atom. The van der Waals surface area contributed by atoms with E-state index in [0.717, 1.165) is 5.01 Å². The first-order chi connectivity index (χ1) is 5.15. The third kappa shape index (κ3) is 1.78. The molecular formula is C6H6BrNO2S. The average Bonchev–Trinajstić information content (AvgIpc) is 2.28. The molecule has 1 rings (SSSR count). The number of rotatable bonds is 1. The lowest BCUT2D eigenvalue weighted by Gasteiger charge is -1.92. The van der Waals surface area contributed by atoms with Crippen molar-refractivity contribution in [1.29, 1.82) is 0 Å². The molecule has 0 aromatic carbocycles. The van der Waals surface area contributed by atoms with Gasteiger partial charge in [0.2, 0.25) is 0 Å². The van der Waals surface area contributed by atoms with E-state index in [2.05, 4.69) is 25.7 Å². The van der Waals surface area contributed by atoms with Crippen LogP contribution in [0.4, 0.5) is 0 Å². The van der Waals surface area contributed by atoms with Crippen LogP contribution < -0.4 is 0 Å². The van der Waals surface area contributed by atoms with Crippen molar-refractivity contribution in [2.24, 2.45) is 0 Å². The summed E-state index contributed by atoms with van der Waals surface area (Å²) in [6, 6.07) is 0. The standard InChI is InChI=1S/C6H6BrNO2S/c1-3-8-5(7)4(11-3)6(9)10-2/h1-2H3. The fourth-order valence-corrected chi connectivity index (χ4v) is 2.14. The van der Waals surface area contributed by atoms with Crippen molar-refractivity contribution >= 4 is 33.2 Å². The Balaban J connectivity index is 3.03. The second-order valence-corrected chi connectivity index (χ2v) is 3.80. The topological polar surface area (TPSA) is 39.2 Å². The molecule has 0 saturated heterocycles. The van der Waals surface area contributed by atoms with Gasteiger partial charge in [0.15, 0.2) is 0 Å². The summed E-state index contributed by atoms with van der Waals surface area (Å²) >= 11 is 4.47. The summed E-state index contributed by atoms with van der Waals surface area (Å²) in [5, 5.41) is 0.845. The van der Waals surface area contributed by atoms with Crippen molar-refractivity contribution in [3.8, 4) is 0 Å². The zero-order chi connectivity index (χ0) is 8.43. The summed E-state index contributed by atoms with van der Waals surface area (Å²) in [5.41, 5.74) is 0. The van der Waals surface area contributed by atoms with Crippen LogP contribution in [0.1, 0.15) is 14.7 Å². The summed E-state index contributed by atoms with van der Waals surface area (Å²) in [4.78, 5) is 15.5. The van der Waals surface area contributed by atoms with Crippen LogP contribution in [-0.4, -0.2) is 18.1 Å². The van der Waals surface area contributed by atoms with Gasteiger partial charge in [0.05, 0.1) is 12.1 Å². The van der Waals surface area contributed by atoms with Crippen molar-refractivity contribution in [2.75, 3.05) is 7.11 Å². The molecule has 11 heavy (non-hydrogen) atoms. The van der Waals surface area contributed by atoms with E-state index in [0.29, 0.717) is 9.48 Å². The minimum absolute atomic E-state index is 0.345. The maximum atomic E-state index is 11.0. The summed E-state index contributed by atoms with van der Waals surface area (Å²) < 4.78 is 5.09. The molecule has 1 aromatic rings. The lowest BCUT2D eigenvalue weighted by molar-refractivity contribution is 0.0605. The Kier molecular flexibility index (Phi) is 2.62. The summed E-state index contributed by atoms with van der Waals surface area (Å²) in [5.74, 6) is -0.345. The highest BCUT2D eigenvalue weighted by Gasteiger charge is 2.14. The number of aromatic nitrogens is 1. The molecule has 0 radical (unpaired) electrons. The van der Waals surface area contributed by atoms with E-state index < -0.39 is 0 Å². The second-order valence-electron chi connectivity index (χ2n) is 1.84. The van der Waals surface area contributed by atoms with Gasteiger partial charge in [-0.1, -0.05) is 0 Å². The Morgan fingerprint density at radius 2 is 2.36 bits per heavy atom. The molecule has 0 aliphatic rings. The normalized spacial score (nSPS) is 9.73. The first-order valence-electron chi connectivity index (χ1n) is 2.86. The van der Waals surface area contributed by atoms with E-state index in [1.165, 1.54) is 18.4 Å². The van der Waals surface area contributed by atoms with Crippen LogP contribution in [0.5, 0.6) is 0 Å². The molecule has 1 aromatic heterocycles. The van der Waals surface area contributed by atoms with Crippen molar-refractivity contribution in [3.63, 3.8) is 0 Å². The lowest BCUT2D eigenvalue weighted by atomic mass is 10.6. The number of halogens is 1. The van der Waals surface area contributed by atoms with Gasteiger partial charge in [-0.05, 0) is 22.9 Å². The van der Waals surface area contributed by atoms with Crippen molar-refractivity contribution in [2.45, 2.75) is 6.92 Å². The third-order valence-electron chi connectivity index (χ3n) is 1.06. The first kappa shape index (κ1) is 8.67. The van der Waals surface area contributed by atoms with Gasteiger partial charge in [0.25, 0.3) is 0 Å². The molecule has 3 nitrogen and oxygen atoms in total. The number of thiazole rings is 1. The molecule has 5 heteroatoms. The molecule has 0 aliphatic heterocycles. The van der Waals surface area contributed by atoms with Crippen LogP contribution in [0.2, 0.25) is 0 Å². The number of nitrogens with zero attached hydrogens (tertiary/aromatic N) is 1. The van der Waals surface area contributed by atoms with E-state index in [1.807, 2.05) is 6.92 Å². The van der Waals surface area contributed by atoms with Gasteiger partial charge in [-0.15, -0.1) is 11.3 Å². The van der Waals surface area contributed by atoms with Gasteiger partial charge in [-0.2, -0.15) is 0 Å². The molecule has 0 spiro atoms. The van der Waals surface area contributed by atoms with Gasteiger partial charge in [-0.3, -0.25) is 0 Å². The van der Waals surface area contributed by atoms with E-state index in [4.69, 9.17) is 0 Å². The molecule has 1 heterocycles. The van der Waals surface area contributed by atoms with Gasteiger partial charge in [0, 0.05) is 0 Å². The zero-order valence-corrected chi connectivity index (χ0v) is 8.45. The highest BCUT2D eigenvalue weighted by molar-refractivity contribution is 9.10. The predicted molar refractivity (Wildman–Crippen MR) is 45.9 cm³/mol. The van der Waals surface area contributed by atoms with Gasteiger partial charge < -0.3 is 4.74 Å². The fraction of sp³-hybridized carbons (Fsp3) is 0.333. The predicted octanol–water partition coefficient (Wildman–Crippen LogP) is 2.00. The van der Waals surface area contributed by atoms with Crippen LogP contribution >= 0.6 is 27.3 Å². The van der Waals surface area contributed by atoms with Gasteiger partial charge >= 0.3 is 5.97 Å². The highest BCUT2D eigenvalue weighted by Crippen LogP contribution is 2.23. The monoisotopic (exact) mass is 235 g/mol. The molecule has 0 bridgehead atoms. The van der Waals surface area contributed by atoms with E-state index in [9.17, 15) is 4.79 Å². The fourth-order valence-electron chi connectivity index (χ4n) is 0.620. The maximum Gasteiger partial charge on any atom is 0.350 e. The number of carbonyl (C=O) groups excluding carboxylic acids is 1. The minimum Gasteiger partial charge on any atom is -0.465 e. The minimum atomic E-state index is -0.345. The van der Waals surface area contributed by atoms with Gasteiger partial charge in [-0.25, -0.2) is 9.78 Å². The smallest absolute Gasteiger partial charge is 0.350 e. The number of methoxy groups -OCH3 is 1. The van der Waals surface area contributed by atoms with E-state index in [-0.39, 0.29) is 5.97 Å². The molecule has 0 fully saturated rings. The Morgan fingerprint density at radius 1 is 1.73 bits per heavy atom. The van der Waals surface area contributed by atoms with E-state index >= 15 is 0 Å². The van der Waals surface area contributed by atoms with Crippen molar-refractivity contribution in [1.82, 2.24) is 4.98 Å². The van der Waals surface area contributed by atoms with Crippen LogP contribution in [0.15, 0.2) is 4.60 Å². The zero-order valence-electron chi connectivity index (χ0n) is 6.05. The Hall–Kier alpha value is -0.420. The molecular weight excluding hydrogens is 230 g/mol. The quantitative estimate of drug-likeness (QED) is 0.700. The summed E-state index contributed by atoms with van der Waals surface area (Å²) in [7, 11) is 1.35. The van der Waals surface area contributed by atoms with E-state index in [1.54, 1.807) is 0 Å². The second kappa shape index (κ2) is 3.32. The molecule has 0 saturated carbocycles. The first-order valence-corrected chi connectivity index (χ1v) is 4.47. The number of esters is 1. The number of hydrogen-bond acceptors (Lipinski definition) is 4. The van der Waals surface area contributed by atoms with Crippen molar-refractivity contribution < 1.29 is 9.53 Å². The molecule has 0 aliphatic carbocycles. The number of ether oxygens (including phenoxy) is 1. The Bertz CT molecular complexity index is 284. The molecule has 0 amide bonds. The van der Waals surface area contributed by atoms with Crippen LogP contribution in [-0.2, 0) is 4.74 Å². The van der Waals surface area contributed by atoms with Gasteiger partial charge in [0.1, 0.15) is 9.48 Å². The average molecular weight is 236 g/mol. The molecule has 0 atom stereocenters. The molecule has 60 valence electrons. The van der Waals surface area contributed by atoms with Crippen LogP contribution in [0, 0.1) is 6.92 Å². The van der Waals surface area contributed by atoms with Crippen molar-refractivity contribution in [3.05, 3.63) is 14.5 Å². The lowest BCUT2D eigenvalue weighted by Crippen LogP contribution is -1.98. The Labute approximate surface area is 76.5 Å². The molecule has 0 N–H and O–H groups in total. The van der Waals surface area contributed by atoms with Crippen LogP contribution in [0.25, 0.3) is 0 Å². The number of hydrogen-bond donors (Lipinski definition) is 0. The number of aryl methyl sites for hydroxylation is 1. The highest BCUT2D eigenvalue weighted by atomic mass is 79.9. The third-order valence-corrected chi connectivity index (χ3v) is 2.85. The SMILES string of the molecule is COC(=O)c1sc(C)nc1Br. The molecule has 0 unspecified atom stereocenters. The summed E-state index contributed by atoms with van der Waals surface area (Å²) in [6.45, 7) is 1.84. The largest absolute Gasteiger partial charge is 0.465 e. The van der Waals surface area contributed by atoms with Crippen LogP contribution in [0.3, 0.4) is 0 Å². The summed E-state index contributed by atoms with van der Waals surface area (Å²) in [6.07, 6.45) is 0. The number of carbonyl (C=O) groups is 1.